The van der Waals surface area contributed by atoms with Crippen molar-refractivity contribution in [1.82, 2.24) is 15.1 Å². The summed E-state index contributed by atoms with van der Waals surface area (Å²) in [5, 5.41) is 3.52. The van der Waals surface area contributed by atoms with E-state index in [4.69, 9.17) is 0 Å². The molecule has 3 heteroatoms. The highest BCUT2D eigenvalue weighted by atomic mass is 15.3. The molecule has 0 saturated carbocycles. The summed E-state index contributed by atoms with van der Waals surface area (Å²) in [5.74, 6) is 0.759. The van der Waals surface area contributed by atoms with Crippen LogP contribution in [0.25, 0.3) is 0 Å². The van der Waals surface area contributed by atoms with Crippen LogP contribution in [-0.2, 0) is 0 Å². The van der Waals surface area contributed by atoms with E-state index in [-0.39, 0.29) is 0 Å². The van der Waals surface area contributed by atoms with Crippen molar-refractivity contribution in [2.24, 2.45) is 5.92 Å². The van der Waals surface area contributed by atoms with E-state index in [1.165, 1.54) is 6.54 Å². The van der Waals surface area contributed by atoms with Gasteiger partial charge in [0.05, 0.1) is 0 Å². The van der Waals surface area contributed by atoms with E-state index in [1.54, 1.807) is 0 Å². The number of hydrogen-bond donors (Lipinski definition) is 1. The average molecular weight is 213 g/mol. The molecule has 2 atom stereocenters. The first kappa shape index (κ1) is 12.9. The Kier molecular flexibility index (Phi) is 5.03. The lowest BCUT2D eigenvalue weighted by Gasteiger charge is -2.43. The van der Waals surface area contributed by atoms with Gasteiger partial charge in [-0.1, -0.05) is 13.8 Å². The quantitative estimate of drug-likeness (QED) is 0.747. The zero-order valence-corrected chi connectivity index (χ0v) is 11.0. The smallest absolute Gasteiger partial charge is 0.0351 e. The zero-order chi connectivity index (χ0) is 11.4. The van der Waals surface area contributed by atoms with Crippen LogP contribution < -0.4 is 5.32 Å². The molecule has 0 radical (unpaired) electrons. The fraction of sp³-hybridized carbons (Fsp3) is 1.00. The minimum absolute atomic E-state index is 0.672. The third-order valence-electron chi connectivity index (χ3n) is 3.01. The van der Waals surface area contributed by atoms with Gasteiger partial charge in [-0.25, -0.2) is 0 Å². The summed E-state index contributed by atoms with van der Waals surface area (Å²) in [6.07, 6.45) is 0. The van der Waals surface area contributed by atoms with Gasteiger partial charge in [0.1, 0.15) is 0 Å². The second kappa shape index (κ2) is 5.83. The molecule has 1 aliphatic rings. The molecule has 90 valence electrons. The topological polar surface area (TPSA) is 18.5 Å². The van der Waals surface area contributed by atoms with Crippen LogP contribution in [0.15, 0.2) is 0 Å². The van der Waals surface area contributed by atoms with E-state index in [1.807, 2.05) is 0 Å². The fourth-order valence-electron chi connectivity index (χ4n) is 2.39. The van der Waals surface area contributed by atoms with Crippen LogP contribution in [0.3, 0.4) is 0 Å². The molecule has 1 heterocycles. The van der Waals surface area contributed by atoms with Crippen molar-refractivity contribution in [2.45, 2.75) is 32.9 Å². The predicted octanol–water partition coefficient (Wildman–Crippen LogP) is 0.866. The van der Waals surface area contributed by atoms with Gasteiger partial charge in [-0.15, -0.1) is 0 Å². The van der Waals surface area contributed by atoms with Gasteiger partial charge in [0, 0.05) is 38.3 Å². The van der Waals surface area contributed by atoms with E-state index in [2.05, 4.69) is 50.0 Å². The minimum Gasteiger partial charge on any atom is -0.314 e. The van der Waals surface area contributed by atoms with Crippen molar-refractivity contribution in [3.8, 4) is 0 Å². The normalized spacial score (nSPS) is 29.0. The van der Waals surface area contributed by atoms with Crippen molar-refractivity contribution >= 4 is 0 Å². The van der Waals surface area contributed by atoms with Gasteiger partial charge < -0.3 is 10.2 Å². The number of piperazine rings is 1. The second-order valence-electron chi connectivity index (χ2n) is 5.51. The maximum absolute atomic E-state index is 3.52. The third kappa shape index (κ3) is 4.09. The molecule has 0 spiro atoms. The van der Waals surface area contributed by atoms with E-state index >= 15 is 0 Å². The molecule has 1 N–H and O–H groups in total. The van der Waals surface area contributed by atoms with Crippen LogP contribution >= 0.6 is 0 Å². The van der Waals surface area contributed by atoms with Gasteiger partial charge in [0.25, 0.3) is 0 Å². The Morgan fingerprint density at radius 2 is 2.00 bits per heavy atom. The highest BCUT2D eigenvalue weighted by Crippen LogP contribution is 2.13. The lowest BCUT2D eigenvalue weighted by Crippen LogP contribution is -2.59. The van der Waals surface area contributed by atoms with Gasteiger partial charge in [-0.2, -0.15) is 0 Å². The molecule has 1 saturated heterocycles. The number of nitrogens with zero attached hydrogens (tertiary/aromatic N) is 2. The molecule has 2 unspecified atom stereocenters. The fourth-order valence-corrected chi connectivity index (χ4v) is 2.39. The van der Waals surface area contributed by atoms with E-state index < -0.39 is 0 Å². The molecule has 3 nitrogen and oxygen atoms in total. The first-order valence-electron chi connectivity index (χ1n) is 6.12. The Bertz CT molecular complexity index is 180. The summed E-state index contributed by atoms with van der Waals surface area (Å²) in [7, 11) is 4.32. The van der Waals surface area contributed by atoms with Crippen molar-refractivity contribution in [3.05, 3.63) is 0 Å². The summed E-state index contributed by atoms with van der Waals surface area (Å²) in [6, 6.07) is 1.34. The van der Waals surface area contributed by atoms with Crippen molar-refractivity contribution in [3.63, 3.8) is 0 Å². The van der Waals surface area contributed by atoms with Crippen LogP contribution in [0.2, 0.25) is 0 Å². The largest absolute Gasteiger partial charge is 0.314 e. The van der Waals surface area contributed by atoms with Crippen LogP contribution in [0, 0.1) is 5.92 Å². The summed E-state index contributed by atoms with van der Waals surface area (Å²) in [4.78, 5) is 4.96. The molecule has 0 amide bonds. The van der Waals surface area contributed by atoms with Crippen molar-refractivity contribution in [2.75, 3.05) is 40.3 Å². The molecule has 0 aromatic heterocycles. The SMILES string of the molecule is CC(C)CN1C(C)CNCC1CN(C)C. The highest BCUT2D eigenvalue weighted by molar-refractivity contribution is 4.86. The Labute approximate surface area is 94.8 Å². The van der Waals surface area contributed by atoms with E-state index in [0.29, 0.717) is 12.1 Å². The summed E-state index contributed by atoms with van der Waals surface area (Å²) < 4.78 is 0. The van der Waals surface area contributed by atoms with Crippen molar-refractivity contribution < 1.29 is 0 Å². The maximum Gasteiger partial charge on any atom is 0.0351 e. The Morgan fingerprint density at radius 3 is 2.53 bits per heavy atom. The molecule has 1 aliphatic heterocycles. The molecule has 1 rings (SSSR count). The average Bonchev–Trinajstić information content (AvgIpc) is 2.09. The molecule has 0 aromatic carbocycles. The number of nitrogens with one attached hydrogen (secondary N) is 1. The lowest BCUT2D eigenvalue weighted by atomic mass is 10.1. The van der Waals surface area contributed by atoms with Gasteiger partial charge in [-0.05, 0) is 26.9 Å². The molecule has 1 fully saturated rings. The lowest BCUT2D eigenvalue weighted by molar-refractivity contribution is 0.0754. The van der Waals surface area contributed by atoms with Crippen LogP contribution in [-0.4, -0.2) is 62.2 Å². The van der Waals surface area contributed by atoms with Gasteiger partial charge in [0.15, 0.2) is 0 Å². The summed E-state index contributed by atoms with van der Waals surface area (Å²) >= 11 is 0. The molecule has 0 aromatic rings. The second-order valence-corrected chi connectivity index (χ2v) is 5.51. The van der Waals surface area contributed by atoms with Crippen LogP contribution in [0.5, 0.6) is 0 Å². The standard InChI is InChI=1S/C12H27N3/c1-10(2)8-15-11(3)6-13-7-12(15)9-14(4)5/h10-13H,6-9H2,1-5H3. The first-order chi connectivity index (χ1) is 7.00. The highest BCUT2D eigenvalue weighted by Gasteiger charge is 2.27. The third-order valence-corrected chi connectivity index (χ3v) is 3.01. The number of hydrogen-bond acceptors (Lipinski definition) is 3. The van der Waals surface area contributed by atoms with Gasteiger partial charge >= 0.3 is 0 Å². The zero-order valence-electron chi connectivity index (χ0n) is 11.0. The minimum atomic E-state index is 0.672. The Balaban J connectivity index is 2.55. The summed E-state index contributed by atoms with van der Waals surface area (Å²) in [5.41, 5.74) is 0. The number of likely N-dealkylation sites (N-methyl/N-ethyl adjacent to an activating group) is 1. The van der Waals surface area contributed by atoms with Crippen molar-refractivity contribution in [1.29, 1.82) is 0 Å². The molecule has 15 heavy (non-hydrogen) atoms. The molecular weight excluding hydrogens is 186 g/mol. The van der Waals surface area contributed by atoms with Crippen LogP contribution in [0.4, 0.5) is 0 Å². The molecular formula is C12H27N3. The van der Waals surface area contributed by atoms with E-state index in [9.17, 15) is 0 Å². The Hall–Kier alpha value is -0.120. The van der Waals surface area contributed by atoms with Gasteiger partial charge in [-0.3, -0.25) is 4.90 Å². The molecule has 0 bridgehead atoms. The first-order valence-corrected chi connectivity index (χ1v) is 6.12. The summed E-state index contributed by atoms with van der Waals surface area (Å²) in [6.45, 7) is 11.6. The van der Waals surface area contributed by atoms with E-state index in [0.717, 1.165) is 25.6 Å². The van der Waals surface area contributed by atoms with Gasteiger partial charge in [0.2, 0.25) is 0 Å². The monoisotopic (exact) mass is 213 g/mol. The Morgan fingerprint density at radius 1 is 1.33 bits per heavy atom. The predicted molar refractivity (Wildman–Crippen MR) is 66.2 cm³/mol. The van der Waals surface area contributed by atoms with Crippen LogP contribution in [0.1, 0.15) is 20.8 Å². The molecule has 0 aliphatic carbocycles. The maximum atomic E-state index is 3.52. The number of rotatable bonds is 4.